The second kappa shape index (κ2) is 8.61. The van der Waals surface area contributed by atoms with E-state index in [0.29, 0.717) is 5.92 Å². The lowest BCUT2D eigenvalue weighted by Crippen LogP contribution is -2.38. The molecule has 0 bridgehead atoms. The Morgan fingerprint density at radius 2 is 1.81 bits per heavy atom. The van der Waals surface area contributed by atoms with Crippen LogP contribution in [-0.2, 0) is 6.42 Å². The van der Waals surface area contributed by atoms with Gasteiger partial charge in [0, 0.05) is 18.3 Å². The van der Waals surface area contributed by atoms with Gasteiger partial charge in [-0.1, -0.05) is 57.5 Å². The Morgan fingerprint density at radius 3 is 2.38 bits per heavy atom. The van der Waals surface area contributed by atoms with Gasteiger partial charge in [0.1, 0.15) is 0 Å². The van der Waals surface area contributed by atoms with E-state index in [1.165, 1.54) is 17.6 Å². The number of aliphatic hydroxyl groups is 1. The molecule has 1 aromatic carbocycles. The van der Waals surface area contributed by atoms with Crippen LogP contribution < -0.4 is 0 Å². The fourth-order valence-corrected chi connectivity index (χ4v) is 4.08. The van der Waals surface area contributed by atoms with Crippen LogP contribution in [0.15, 0.2) is 42.1 Å². The molecule has 0 fully saturated rings. The van der Waals surface area contributed by atoms with Crippen LogP contribution in [0.4, 0.5) is 0 Å². The molecule has 0 radical (unpaired) electrons. The average Bonchev–Trinajstić information content (AvgIpc) is 2.74. The largest absolute Gasteiger partial charge is 0.388 e. The highest BCUT2D eigenvalue weighted by atomic mass is 16.3. The first-order valence-corrected chi connectivity index (χ1v) is 10.4. The molecule has 0 aliphatic carbocycles. The highest BCUT2D eigenvalue weighted by Gasteiger charge is 2.35. The van der Waals surface area contributed by atoms with Crippen LogP contribution in [0.2, 0.25) is 0 Å². The summed E-state index contributed by atoms with van der Waals surface area (Å²) in [5.74, 6) is 0.306. The third kappa shape index (κ3) is 5.36. The molecule has 0 saturated carbocycles. The molecule has 1 aliphatic heterocycles. The average molecular weight is 358 g/mol. The lowest BCUT2D eigenvalue weighted by atomic mass is 9.74. The minimum absolute atomic E-state index is 0.0551. The van der Waals surface area contributed by atoms with E-state index in [0.717, 1.165) is 32.2 Å². The van der Waals surface area contributed by atoms with Gasteiger partial charge in [0.2, 0.25) is 0 Å². The van der Waals surface area contributed by atoms with Crippen molar-refractivity contribution in [1.82, 2.24) is 4.90 Å². The number of nitrogens with zero attached hydrogens (tertiary/aromatic N) is 1. The van der Waals surface area contributed by atoms with Gasteiger partial charge in [-0.15, -0.1) is 0 Å². The molecular weight excluding hydrogens is 318 g/mol. The highest BCUT2D eigenvalue weighted by Crippen LogP contribution is 2.40. The molecule has 2 rings (SSSR count). The lowest BCUT2D eigenvalue weighted by molar-refractivity contribution is 0.108. The number of benzene rings is 1. The Hall–Kier alpha value is -1.28. The maximum Gasteiger partial charge on any atom is 0.0800 e. The lowest BCUT2D eigenvalue weighted by Gasteiger charge is -2.37. The van der Waals surface area contributed by atoms with Crippen LogP contribution in [0.25, 0.3) is 0 Å². The molecule has 2 nitrogen and oxygen atoms in total. The van der Waals surface area contributed by atoms with Crippen molar-refractivity contribution in [3.05, 3.63) is 47.7 Å². The maximum absolute atomic E-state index is 11.4. The fraction of sp³-hybridized carbons (Fsp3) is 0.667. The van der Waals surface area contributed by atoms with Crippen molar-refractivity contribution in [1.29, 1.82) is 0 Å². The normalized spacial score (nSPS) is 20.3. The zero-order valence-corrected chi connectivity index (χ0v) is 17.8. The van der Waals surface area contributed by atoms with Gasteiger partial charge < -0.3 is 10.0 Å². The van der Waals surface area contributed by atoms with Gasteiger partial charge >= 0.3 is 0 Å². The first-order valence-electron chi connectivity index (χ1n) is 10.4. The summed E-state index contributed by atoms with van der Waals surface area (Å²) in [5, 5.41) is 11.4. The third-order valence-electron chi connectivity index (χ3n) is 6.07. The van der Waals surface area contributed by atoms with E-state index >= 15 is 0 Å². The highest BCUT2D eigenvalue weighted by molar-refractivity contribution is 5.21. The molecule has 0 amide bonds. The molecule has 1 aromatic rings. The summed E-state index contributed by atoms with van der Waals surface area (Å²) in [4.78, 5) is 2.43. The minimum Gasteiger partial charge on any atom is -0.388 e. The summed E-state index contributed by atoms with van der Waals surface area (Å²) in [6.45, 7) is 14.7. The summed E-state index contributed by atoms with van der Waals surface area (Å²) in [5.41, 5.74) is 2.74. The standard InChI is InChI=1S/C24H39NO/c1-7-20(15-14-19-12-9-8-10-13-19)22(26)21-18-25(23(2,3)4)17-11-16-24(21,5)6/h8-10,12-13,18,20,22,26H,7,11,14-17H2,1-6H3. The Balaban J connectivity index is 2.20. The maximum atomic E-state index is 11.4. The van der Waals surface area contributed by atoms with Crippen LogP contribution >= 0.6 is 0 Å². The van der Waals surface area contributed by atoms with Crippen molar-refractivity contribution >= 4 is 0 Å². The van der Waals surface area contributed by atoms with Gasteiger partial charge in [-0.2, -0.15) is 0 Å². The molecule has 0 aromatic heterocycles. The van der Waals surface area contributed by atoms with Crippen molar-refractivity contribution in [3.63, 3.8) is 0 Å². The predicted molar refractivity (Wildman–Crippen MR) is 112 cm³/mol. The predicted octanol–water partition coefficient (Wildman–Crippen LogP) is 5.81. The molecule has 26 heavy (non-hydrogen) atoms. The van der Waals surface area contributed by atoms with E-state index in [1.807, 2.05) is 0 Å². The summed E-state index contributed by atoms with van der Waals surface area (Å²) in [7, 11) is 0. The molecule has 0 spiro atoms. The number of hydrogen-bond acceptors (Lipinski definition) is 2. The molecule has 1 N–H and O–H groups in total. The van der Waals surface area contributed by atoms with Crippen LogP contribution in [0.5, 0.6) is 0 Å². The Labute approximate surface area is 161 Å². The molecule has 2 unspecified atom stereocenters. The van der Waals surface area contributed by atoms with E-state index in [-0.39, 0.29) is 17.1 Å². The van der Waals surface area contributed by atoms with Crippen molar-refractivity contribution in [3.8, 4) is 0 Å². The monoisotopic (exact) mass is 357 g/mol. The zero-order valence-electron chi connectivity index (χ0n) is 17.8. The van der Waals surface area contributed by atoms with E-state index in [9.17, 15) is 5.11 Å². The smallest absolute Gasteiger partial charge is 0.0800 e. The van der Waals surface area contributed by atoms with E-state index < -0.39 is 0 Å². The van der Waals surface area contributed by atoms with Crippen molar-refractivity contribution < 1.29 is 5.11 Å². The molecular formula is C24H39NO. The molecule has 1 heterocycles. The van der Waals surface area contributed by atoms with Gasteiger partial charge in [-0.05, 0) is 68.9 Å². The number of hydrogen-bond donors (Lipinski definition) is 1. The second-order valence-electron chi connectivity index (χ2n) is 9.57. The second-order valence-corrected chi connectivity index (χ2v) is 9.57. The summed E-state index contributed by atoms with van der Waals surface area (Å²) in [6, 6.07) is 10.6. The van der Waals surface area contributed by atoms with Crippen molar-refractivity contribution in [2.75, 3.05) is 6.54 Å². The van der Waals surface area contributed by atoms with E-state index in [4.69, 9.17) is 0 Å². The third-order valence-corrected chi connectivity index (χ3v) is 6.07. The van der Waals surface area contributed by atoms with Crippen LogP contribution in [0, 0.1) is 11.3 Å². The number of aliphatic hydroxyl groups excluding tert-OH is 1. The molecule has 0 saturated heterocycles. The number of aryl methyl sites for hydroxylation is 1. The van der Waals surface area contributed by atoms with Gasteiger partial charge in [0.05, 0.1) is 6.10 Å². The summed E-state index contributed by atoms with van der Waals surface area (Å²) >= 11 is 0. The Bertz CT molecular complexity index is 582. The Kier molecular flexibility index (Phi) is 6.96. The molecule has 1 aliphatic rings. The summed E-state index contributed by atoms with van der Waals surface area (Å²) in [6.07, 6.45) is 7.33. The first kappa shape index (κ1) is 21.0. The van der Waals surface area contributed by atoms with E-state index in [1.54, 1.807) is 0 Å². The van der Waals surface area contributed by atoms with Crippen LogP contribution in [0.3, 0.4) is 0 Å². The van der Waals surface area contributed by atoms with Gasteiger partial charge in [-0.3, -0.25) is 0 Å². The van der Waals surface area contributed by atoms with Gasteiger partial charge in [-0.25, -0.2) is 0 Å². The van der Waals surface area contributed by atoms with E-state index in [2.05, 4.69) is 83.0 Å². The van der Waals surface area contributed by atoms with Crippen LogP contribution in [-0.4, -0.2) is 28.2 Å². The van der Waals surface area contributed by atoms with Crippen molar-refractivity contribution in [2.45, 2.75) is 85.3 Å². The molecule has 2 heteroatoms. The van der Waals surface area contributed by atoms with Gasteiger partial charge in [0.25, 0.3) is 0 Å². The summed E-state index contributed by atoms with van der Waals surface area (Å²) < 4.78 is 0. The quantitative estimate of drug-likeness (QED) is 0.694. The Morgan fingerprint density at radius 1 is 1.15 bits per heavy atom. The molecule has 146 valence electrons. The fourth-order valence-electron chi connectivity index (χ4n) is 4.08. The molecule has 2 atom stereocenters. The zero-order chi connectivity index (χ0) is 19.4. The first-order chi connectivity index (χ1) is 12.1. The number of rotatable bonds is 6. The van der Waals surface area contributed by atoms with Gasteiger partial charge in [0.15, 0.2) is 0 Å². The topological polar surface area (TPSA) is 23.5 Å². The SMILES string of the molecule is CCC(CCc1ccccc1)C(O)C1=CN(C(C)(C)C)CCCC1(C)C. The van der Waals surface area contributed by atoms with Crippen molar-refractivity contribution in [2.24, 2.45) is 11.3 Å². The van der Waals surface area contributed by atoms with Crippen LogP contribution in [0.1, 0.15) is 72.8 Å². The minimum atomic E-state index is -0.360.